The lowest BCUT2D eigenvalue weighted by molar-refractivity contribution is -0.383. The largest absolute Gasteiger partial charge is 0.383 e. The van der Waals surface area contributed by atoms with Gasteiger partial charge in [-0.05, 0) is 24.6 Å². The Balaban J connectivity index is 2.31. The fourth-order valence-corrected chi connectivity index (χ4v) is 2.03. The molecule has 0 fully saturated rings. The number of aryl methyl sites for hydroxylation is 1. The van der Waals surface area contributed by atoms with Gasteiger partial charge in [0, 0.05) is 24.4 Å². The van der Waals surface area contributed by atoms with Crippen LogP contribution in [0.15, 0.2) is 24.5 Å². The molecule has 0 atom stereocenters. The van der Waals surface area contributed by atoms with E-state index in [0.29, 0.717) is 23.9 Å². The van der Waals surface area contributed by atoms with Crippen LogP contribution in [0.5, 0.6) is 0 Å². The molecule has 0 spiro atoms. The molecule has 1 aromatic carbocycles. The number of ether oxygens (including phenoxy) is 1. The Morgan fingerprint density at radius 1 is 1.35 bits per heavy atom. The van der Waals surface area contributed by atoms with Gasteiger partial charge in [0.25, 0.3) is 0 Å². The zero-order chi connectivity index (χ0) is 16.8. The molecule has 0 saturated carbocycles. The standard InChI is InChI=1S/C14H16ClN5O3/c1-9-3-4-10(7-11(9)15)19-14-12(20(21)22)13(17-8-18-14)16-5-6-23-2/h3-4,7-8H,5-6H2,1-2H3,(H2,16,17,18,19). The molecular weight excluding hydrogens is 322 g/mol. The summed E-state index contributed by atoms with van der Waals surface area (Å²) in [6.07, 6.45) is 1.25. The Labute approximate surface area is 138 Å². The molecule has 0 unspecified atom stereocenters. The minimum absolute atomic E-state index is 0.0878. The minimum atomic E-state index is -0.534. The molecule has 0 aliphatic heterocycles. The third-order valence-electron chi connectivity index (χ3n) is 3.04. The summed E-state index contributed by atoms with van der Waals surface area (Å²) in [7, 11) is 1.55. The minimum Gasteiger partial charge on any atom is -0.383 e. The number of rotatable bonds is 7. The fourth-order valence-electron chi connectivity index (χ4n) is 1.85. The number of halogens is 1. The lowest BCUT2D eigenvalue weighted by Gasteiger charge is -2.10. The van der Waals surface area contributed by atoms with Gasteiger partial charge in [-0.25, -0.2) is 9.97 Å². The second-order valence-corrected chi connectivity index (χ2v) is 5.09. The summed E-state index contributed by atoms with van der Waals surface area (Å²) in [6.45, 7) is 2.67. The van der Waals surface area contributed by atoms with Crippen LogP contribution in [-0.4, -0.2) is 35.2 Å². The van der Waals surface area contributed by atoms with Gasteiger partial charge < -0.3 is 15.4 Å². The molecule has 0 radical (unpaired) electrons. The van der Waals surface area contributed by atoms with Crippen LogP contribution < -0.4 is 10.6 Å². The third kappa shape index (κ3) is 4.27. The van der Waals surface area contributed by atoms with Crippen molar-refractivity contribution in [2.75, 3.05) is 30.9 Å². The van der Waals surface area contributed by atoms with E-state index in [4.69, 9.17) is 16.3 Å². The van der Waals surface area contributed by atoms with Gasteiger partial charge in [0.15, 0.2) is 0 Å². The molecule has 9 heteroatoms. The topological polar surface area (TPSA) is 102 Å². The zero-order valence-corrected chi connectivity index (χ0v) is 13.4. The van der Waals surface area contributed by atoms with E-state index in [9.17, 15) is 10.1 Å². The number of hydrogen-bond donors (Lipinski definition) is 2. The van der Waals surface area contributed by atoms with E-state index in [2.05, 4.69) is 20.6 Å². The maximum atomic E-state index is 11.4. The maximum absolute atomic E-state index is 11.4. The summed E-state index contributed by atoms with van der Waals surface area (Å²) in [5.41, 5.74) is 1.28. The van der Waals surface area contributed by atoms with Crippen LogP contribution in [0.2, 0.25) is 5.02 Å². The Kier molecular flexibility index (Phi) is 5.67. The summed E-state index contributed by atoms with van der Waals surface area (Å²) >= 11 is 6.07. The van der Waals surface area contributed by atoms with E-state index < -0.39 is 4.92 Å². The molecule has 0 aliphatic rings. The van der Waals surface area contributed by atoms with Crippen molar-refractivity contribution in [2.45, 2.75) is 6.92 Å². The molecule has 122 valence electrons. The Morgan fingerprint density at radius 2 is 2.09 bits per heavy atom. The highest BCUT2D eigenvalue weighted by Gasteiger charge is 2.23. The van der Waals surface area contributed by atoms with E-state index in [0.717, 1.165) is 5.56 Å². The molecule has 2 N–H and O–H groups in total. The first kappa shape index (κ1) is 16.9. The average molecular weight is 338 g/mol. The van der Waals surface area contributed by atoms with Crippen LogP contribution in [0.4, 0.5) is 23.0 Å². The number of nitrogens with one attached hydrogen (secondary N) is 2. The van der Waals surface area contributed by atoms with Gasteiger partial charge in [0.1, 0.15) is 6.33 Å². The Morgan fingerprint density at radius 3 is 2.74 bits per heavy atom. The van der Waals surface area contributed by atoms with Crippen molar-refractivity contribution in [1.82, 2.24) is 9.97 Å². The molecule has 1 aromatic heterocycles. The summed E-state index contributed by atoms with van der Waals surface area (Å²) in [5, 5.41) is 17.7. The normalized spacial score (nSPS) is 10.4. The van der Waals surface area contributed by atoms with Crippen molar-refractivity contribution in [3.05, 3.63) is 45.2 Å². The van der Waals surface area contributed by atoms with E-state index in [1.807, 2.05) is 13.0 Å². The second-order valence-electron chi connectivity index (χ2n) is 4.69. The van der Waals surface area contributed by atoms with Crippen LogP contribution in [0, 0.1) is 17.0 Å². The van der Waals surface area contributed by atoms with E-state index in [-0.39, 0.29) is 17.3 Å². The van der Waals surface area contributed by atoms with Crippen LogP contribution in [0.1, 0.15) is 5.56 Å². The first-order valence-electron chi connectivity index (χ1n) is 6.78. The van der Waals surface area contributed by atoms with E-state index in [1.165, 1.54) is 6.33 Å². The molecule has 2 aromatic rings. The molecule has 2 rings (SSSR count). The number of hydrogen-bond acceptors (Lipinski definition) is 7. The fraction of sp³-hybridized carbons (Fsp3) is 0.286. The molecule has 0 amide bonds. The number of nitro groups is 1. The Bertz CT molecular complexity index is 711. The van der Waals surface area contributed by atoms with E-state index >= 15 is 0 Å². The van der Waals surface area contributed by atoms with Crippen molar-refractivity contribution < 1.29 is 9.66 Å². The zero-order valence-electron chi connectivity index (χ0n) is 12.7. The first-order chi connectivity index (χ1) is 11.0. The van der Waals surface area contributed by atoms with E-state index in [1.54, 1.807) is 19.2 Å². The van der Waals surface area contributed by atoms with Crippen molar-refractivity contribution in [3.63, 3.8) is 0 Å². The monoisotopic (exact) mass is 337 g/mol. The highest BCUT2D eigenvalue weighted by molar-refractivity contribution is 6.31. The molecule has 0 saturated heterocycles. The summed E-state index contributed by atoms with van der Waals surface area (Å²) in [4.78, 5) is 18.7. The number of aromatic nitrogens is 2. The quantitative estimate of drug-likeness (QED) is 0.454. The van der Waals surface area contributed by atoms with Crippen molar-refractivity contribution >= 4 is 34.6 Å². The number of benzene rings is 1. The van der Waals surface area contributed by atoms with Crippen LogP contribution >= 0.6 is 11.6 Å². The van der Waals surface area contributed by atoms with Crippen LogP contribution in [0.25, 0.3) is 0 Å². The average Bonchev–Trinajstić information content (AvgIpc) is 2.51. The highest BCUT2D eigenvalue weighted by atomic mass is 35.5. The maximum Gasteiger partial charge on any atom is 0.353 e. The predicted octanol–water partition coefficient (Wildman–Crippen LogP) is 3.15. The summed E-state index contributed by atoms with van der Waals surface area (Å²) in [6, 6.07) is 5.27. The van der Waals surface area contributed by atoms with Gasteiger partial charge in [-0.3, -0.25) is 10.1 Å². The van der Waals surface area contributed by atoms with Gasteiger partial charge in [-0.15, -0.1) is 0 Å². The molecule has 23 heavy (non-hydrogen) atoms. The summed E-state index contributed by atoms with van der Waals surface area (Å²) in [5.74, 6) is 0.215. The molecule has 1 heterocycles. The van der Waals surface area contributed by atoms with Gasteiger partial charge in [0.05, 0.1) is 11.5 Å². The predicted molar refractivity (Wildman–Crippen MR) is 88.5 cm³/mol. The van der Waals surface area contributed by atoms with Crippen molar-refractivity contribution in [2.24, 2.45) is 0 Å². The smallest absolute Gasteiger partial charge is 0.353 e. The SMILES string of the molecule is COCCNc1ncnc(Nc2ccc(C)c(Cl)c2)c1[N+](=O)[O-]. The van der Waals surface area contributed by atoms with Gasteiger partial charge >= 0.3 is 5.69 Å². The van der Waals surface area contributed by atoms with Crippen LogP contribution in [0.3, 0.4) is 0 Å². The van der Waals surface area contributed by atoms with Crippen molar-refractivity contribution in [3.8, 4) is 0 Å². The lowest BCUT2D eigenvalue weighted by atomic mass is 10.2. The number of nitrogens with zero attached hydrogens (tertiary/aromatic N) is 3. The first-order valence-corrected chi connectivity index (χ1v) is 7.16. The number of anilines is 3. The van der Waals surface area contributed by atoms with Crippen LogP contribution in [-0.2, 0) is 4.74 Å². The molecule has 0 bridgehead atoms. The lowest BCUT2D eigenvalue weighted by Crippen LogP contribution is -2.12. The summed E-state index contributed by atoms with van der Waals surface area (Å²) < 4.78 is 4.91. The third-order valence-corrected chi connectivity index (χ3v) is 3.45. The molecule has 8 nitrogen and oxygen atoms in total. The Hall–Kier alpha value is -2.45. The van der Waals surface area contributed by atoms with Gasteiger partial charge in [-0.2, -0.15) is 0 Å². The van der Waals surface area contributed by atoms with Gasteiger partial charge in [-0.1, -0.05) is 17.7 Å². The number of methoxy groups -OCH3 is 1. The molecular formula is C14H16ClN5O3. The highest BCUT2D eigenvalue weighted by Crippen LogP contribution is 2.32. The second kappa shape index (κ2) is 7.70. The van der Waals surface area contributed by atoms with Gasteiger partial charge in [0.2, 0.25) is 11.6 Å². The molecule has 0 aliphatic carbocycles. The van der Waals surface area contributed by atoms with Crippen molar-refractivity contribution in [1.29, 1.82) is 0 Å².